The Morgan fingerprint density at radius 1 is 0.654 bits per heavy atom. The summed E-state index contributed by atoms with van der Waals surface area (Å²) in [6, 6.07) is 9.22. The molecule has 0 aliphatic carbocycles. The van der Waals surface area contributed by atoms with Crippen LogP contribution in [0.4, 0.5) is 16.2 Å². The second-order valence-corrected chi connectivity index (χ2v) is 4.55. The van der Waals surface area contributed by atoms with Crippen molar-refractivity contribution in [3.05, 3.63) is 79.9 Å². The third-order valence-corrected chi connectivity index (χ3v) is 2.89. The zero-order chi connectivity index (χ0) is 19.9. The maximum Gasteiger partial charge on any atom is 0.503 e. The number of rotatable bonds is 5. The molecule has 2 rings (SSSR count). The number of carbonyl (C=O) groups excluding carboxylic acids is 2. The van der Waals surface area contributed by atoms with Crippen LogP contribution >= 0.6 is 0 Å². The molecular weight excluding hydrogens is 352 g/mol. The van der Waals surface area contributed by atoms with Gasteiger partial charge in [-0.1, -0.05) is 0 Å². The van der Waals surface area contributed by atoms with Crippen LogP contribution in [0.15, 0.2) is 48.5 Å². The molecule has 11 nitrogen and oxygen atoms in total. The highest BCUT2D eigenvalue weighted by Gasteiger charge is 2.20. The Labute approximate surface area is 144 Å². The van der Waals surface area contributed by atoms with Crippen LogP contribution in [0.2, 0.25) is 0 Å². The molecule has 0 fully saturated rings. The lowest BCUT2D eigenvalue weighted by atomic mass is 10.0. The van der Waals surface area contributed by atoms with Gasteiger partial charge in [0.2, 0.25) is 11.6 Å². The summed E-state index contributed by atoms with van der Waals surface area (Å²) in [5.74, 6) is -1.69. The molecule has 2 N–H and O–H groups in total. The van der Waals surface area contributed by atoms with Gasteiger partial charge in [0.05, 0.1) is 9.85 Å². The maximum atomic E-state index is 12.0. The second kappa shape index (κ2) is 8.63. The van der Waals surface area contributed by atoms with E-state index in [1.807, 2.05) is 0 Å². The molecule has 26 heavy (non-hydrogen) atoms. The van der Waals surface area contributed by atoms with E-state index < -0.39 is 27.6 Å². The number of carboxylic acid groups (broad SMARTS) is 2. The number of hydrogen-bond acceptors (Lipinski definition) is 7. The number of Topliss-reactive ketones (excluding diaryl/α,β-unsaturated/α-hetero) is 2. The smallest absolute Gasteiger partial charge is 0.450 e. The Kier molecular flexibility index (Phi) is 6.61. The van der Waals surface area contributed by atoms with Gasteiger partial charge in [0.1, 0.15) is 0 Å². The molecule has 11 heteroatoms. The Bertz CT molecular complexity index is 786. The fourth-order valence-corrected chi connectivity index (χ4v) is 1.73. The van der Waals surface area contributed by atoms with Crippen molar-refractivity contribution in [2.45, 2.75) is 0 Å². The number of nitrogens with zero attached hydrogens (tertiary/aromatic N) is 2. The molecular formula is C15H10N2O9. The van der Waals surface area contributed by atoms with Gasteiger partial charge in [-0.15, -0.1) is 0 Å². The SMILES string of the molecule is O=C(C(=O)c1ccc([N+](=O)[O-])cc1)c1ccc([N+](=O)[O-])cc1.O=C(O)O. The number of non-ortho nitro benzene ring substituents is 2. The summed E-state index contributed by atoms with van der Waals surface area (Å²) in [4.78, 5) is 52.3. The van der Waals surface area contributed by atoms with Gasteiger partial charge >= 0.3 is 6.16 Å². The van der Waals surface area contributed by atoms with Crippen LogP contribution in [0.5, 0.6) is 0 Å². The van der Waals surface area contributed by atoms with Crippen LogP contribution < -0.4 is 0 Å². The first kappa shape index (κ1) is 19.9. The van der Waals surface area contributed by atoms with E-state index in [1.165, 1.54) is 24.3 Å². The van der Waals surface area contributed by atoms with Crippen LogP contribution in [-0.2, 0) is 0 Å². The Balaban J connectivity index is 0.000000765. The van der Waals surface area contributed by atoms with Crippen molar-refractivity contribution in [3.63, 3.8) is 0 Å². The van der Waals surface area contributed by atoms with Crippen LogP contribution in [0.3, 0.4) is 0 Å². The monoisotopic (exact) mass is 362 g/mol. The van der Waals surface area contributed by atoms with Crippen molar-refractivity contribution < 1.29 is 34.4 Å². The molecule has 2 aromatic rings. The Morgan fingerprint density at radius 3 is 1.08 bits per heavy atom. The highest BCUT2D eigenvalue weighted by Crippen LogP contribution is 2.16. The predicted octanol–water partition coefficient (Wildman–Crippen LogP) is 2.79. The first-order valence-corrected chi connectivity index (χ1v) is 6.63. The zero-order valence-corrected chi connectivity index (χ0v) is 12.8. The zero-order valence-electron chi connectivity index (χ0n) is 12.8. The molecule has 0 heterocycles. The number of ketones is 2. The number of nitro benzene ring substituents is 2. The van der Waals surface area contributed by atoms with Gasteiger partial charge in [0.25, 0.3) is 11.4 Å². The summed E-state index contributed by atoms with van der Waals surface area (Å²) < 4.78 is 0. The molecule has 2 aromatic carbocycles. The standard InChI is InChI=1S/C14H8N2O6.CH2O3/c17-13(9-1-5-11(6-2-9)15(19)20)14(18)10-3-7-12(8-4-10)16(21)22;2-1(3)4/h1-8H;(H2,2,3,4). The molecule has 134 valence electrons. The maximum absolute atomic E-state index is 12.0. The highest BCUT2D eigenvalue weighted by molar-refractivity contribution is 6.49. The summed E-state index contributed by atoms with van der Waals surface area (Å²) >= 11 is 0. The lowest BCUT2D eigenvalue weighted by Crippen LogP contribution is -2.14. The van der Waals surface area contributed by atoms with Gasteiger partial charge in [-0.25, -0.2) is 4.79 Å². The summed E-state index contributed by atoms with van der Waals surface area (Å²) in [5, 5.41) is 35.0. The minimum absolute atomic E-state index is 0.00829. The van der Waals surface area contributed by atoms with Crippen LogP contribution in [0, 0.1) is 20.2 Å². The van der Waals surface area contributed by atoms with E-state index in [0.717, 1.165) is 24.3 Å². The molecule has 0 saturated carbocycles. The number of carbonyl (C=O) groups is 3. The molecule has 0 amide bonds. The molecule has 0 aromatic heterocycles. The molecule has 0 aliphatic rings. The summed E-state index contributed by atoms with van der Waals surface area (Å²) in [7, 11) is 0. The molecule has 0 radical (unpaired) electrons. The lowest BCUT2D eigenvalue weighted by molar-refractivity contribution is -0.385. The van der Waals surface area contributed by atoms with Gasteiger partial charge in [0, 0.05) is 35.4 Å². The Morgan fingerprint density at radius 2 is 0.885 bits per heavy atom. The third-order valence-electron chi connectivity index (χ3n) is 2.89. The van der Waals surface area contributed by atoms with Gasteiger partial charge in [-0.05, 0) is 24.3 Å². The minimum Gasteiger partial charge on any atom is -0.450 e. The van der Waals surface area contributed by atoms with Gasteiger partial charge < -0.3 is 10.2 Å². The van der Waals surface area contributed by atoms with Gasteiger partial charge in [-0.2, -0.15) is 0 Å². The van der Waals surface area contributed by atoms with Gasteiger partial charge in [0.15, 0.2) is 0 Å². The quantitative estimate of drug-likeness (QED) is 0.350. The molecule has 0 bridgehead atoms. The van der Waals surface area contributed by atoms with Crippen molar-refractivity contribution in [3.8, 4) is 0 Å². The summed E-state index contributed by atoms with van der Waals surface area (Å²) in [6.07, 6.45) is -1.83. The minimum atomic E-state index is -1.83. The van der Waals surface area contributed by atoms with E-state index in [-0.39, 0.29) is 22.5 Å². The predicted molar refractivity (Wildman–Crippen MR) is 85.5 cm³/mol. The van der Waals surface area contributed by atoms with Crippen LogP contribution in [0.25, 0.3) is 0 Å². The number of nitro groups is 2. The number of hydrogen-bond donors (Lipinski definition) is 2. The van der Waals surface area contributed by atoms with E-state index in [4.69, 9.17) is 15.0 Å². The topological polar surface area (TPSA) is 178 Å². The van der Waals surface area contributed by atoms with E-state index in [0.29, 0.717) is 0 Å². The first-order valence-electron chi connectivity index (χ1n) is 6.63. The van der Waals surface area contributed by atoms with Crippen molar-refractivity contribution in [2.24, 2.45) is 0 Å². The lowest BCUT2D eigenvalue weighted by Gasteiger charge is -2.01. The summed E-state index contributed by atoms with van der Waals surface area (Å²) in [5.41, 5.74) is -0.374. The highest BCUT2D eigenvalue weighted by atomic mass is 16.6. The number of benzene rings is 2. The molecule has 0 aliphatic heterocycles. The molecule has 0 saturated heterocycles. The van der Waals surface area contributed by atoms with Crippen LogP contribution in [-0.4, -0.2) is 37.8 Å². The fraction of sp³-hybridized carbons (Fsp3) is 0. The molecule has 0 spiro atoms. The molecule has 0 unspecified atom stereocenters. The van der Waals surface area contributed by atoms with Crippen molar-refractivity contribution in [1.82, 2.24) is 0 Å². The average molecular weight is 362 g/mol. The fourth-order valence-electron chi connectivity index (χ4n) is 1.73. The average Bonchev–Trinajstić information content (AvgIpc) is 2.60. The van der Waals surface area contributed by atoms with Gasteiger partial charge in [-0.3, -0.25) is 29.8 Å². The van der Waals surface area contributed by atoms with E-state index in [9.17, 15) is 29.8 Å². The van der Waals surface area contributed by atoms with Crippen molar-refractivity contribution in [2.75, 3.05) is 0 Å². The van der Waals surface area contributed by atoms with Crippen molar-refractivity contribution >= 4 is 29.1 Å². The third kappa shape index (κ3) is 5.49. The molecule has 0 atom stereocenters. The van der Waals surface area contributed by atoms with Crippen LogP contribution in [0.1, 0.15) is 20.7 Å². The van der Waals surface area contributed by atoms with E-state index in [1.54, 1.807) is 0 Å². The second-order valence-electron chi connectivity index (χ2n) is 4.55. The van der Waals surface area contributed by atoms with E-state index >= 15 is 0 Å². The normalized spacial score (nSPS) is 9.38. The van der Waals surface area contributed by atoms with E-state index in [2.05, 4.69) is 0 Å². The Hall–Kier alpha value is -4.15. The van der Waals surface area contributed by atoms with Crippen molar-refractivity contribution in [1.29, 1.82) is 0 Å². The summed E-state index contributed by atoms with van der Waals surface area (Å²) in [6.45, 7) is 0. The largest absolute Gasteiger partial charge is 0.503 e. The first-order chi connectivity index (χ1) is 12.1.